The summed E-state index contributed by atoms with van der Waals surface area (Å²) in [6.45, 7) is 2.89. The Bertz CT molecular complexity index is 1190. The molecule has 0 atom stereocenters. The number of nitrogens with one attached hydrogen (secondary N) is 1. The molecule has 4 rings (SSSR count). The lowest BCUT2D eigenvalue weighted by Crippen LogP contribution is -2.72. The van der Waals surface area contributed by atoms with E-state index in [2.05, 4.69) is 27.3 Å². The summed E-state index contributed by atoms with van der Waals surface area (Å²) in [5.74, 6) is -0.415. The minimum absolute atomic E-state index is 0.208. The number of amides is 2. The van der Waals surface area contributed by atoms with Gasteiger partial charge >= 0.3 is 0 Å². The van der Waals surface area contributed by atoms with Crippen molar-refractivity contribution in [1.29, 1.82) is 0 Å². The lowest BCUT2D eigenvalue weighted by Gasteiger charge is -2.28. The number of imidazole rings is 1. The largest absolute Gasteiger partial charge is 0.384 e. The van der Waals surface area contributed by atoms with E-state index >= 15 is 0 Å². The Morgan fingerprint density at radius 3 is 2.62 bits per heavy atom. The van der Waals surface area contributed by atoms with Crippen molar-refractivity contribution in [3.05, 3.63) is 72.6 Å². The molecule has 3 N–H and O–H groups in total. The third kappa shape index (κ3) is 4.97. The Morgan fingerprint density at radius 2 is 1.88 bits per heavy atom. The molecular formula is C26H34N6O2+2. The highest BCUT2D eigenvalue weighted by molar-refractivity contribution is 6.26. The van der Waals surface area contributed by atoms with Gasteiger partial charge in [0.15, 0.2) is 0 Å². The van der Waals surface area contributed by atoms with E-state index in [1.54, 1.807) is 0 Å². The fraction of sp³-hybridized carbons (Fsp3) is 0.346. The molecule has 3 aromatic rings. The van der Waals surface area contributed by atoms with Crippen LogP contribution in [0.15, 0.2) is 61.5 Å². The van der Waals surface area contributed by atoms with Gasteiger partial charge < -0.3 is 15.5 Å². The SMILES string of the molecule is C[NH2+]/C=C\N(C)CCCN1C(=O)c2cccc3c(NCCCn4cc[n+](C)c4)ccc(c23)C1=O. The van der Waals surface area contributed by atoms with E-state index < -0.39 is 0 Å². The second kappa shape index (κ2) is 10.5. The number of nitrogens with two attached hydrogens (primary N) is 1. The number of quaternary nitrogens is 1. The monoisotopic (exact) mass is 462 g/mol. The quantitative estimate of drug-likeness (QED) is 0.258. The molecule has 1 aliphatic heterocycles. The first-order valence-electron chi connectivity index (χ1n) is 11.8. The summed E-state index contributed by atoms with van der Waals surface area (Å²) in [5, 5.41) is 7.15. The van der Waals surface area contributed by atoms with Crippen molar-refractivity contribution in [2.45, 2.75) is 19.4 Å². The second-order valence-corrected chi connectivity index (χ2v) is 8.76. The molecule has 0 saturated carbocycles. The Labute approximate surface area is 200 Å². The van der Waals surface area contributed by atoms with Crippen LogP contribution in [0.4, 0.5) is 5.69 Å². The number of rotatable bonds is 11. The minimum atomic E-state index is -0.208. The molecule has 0 spiro atoms. The highest BCUT2D eigenvalue weighted by Gasteiger charge is 2.32. The van der Waals surface area contributed by atoms with Gasteiger partial charge in [-0.3, -0.25) is 14.5 Å². The maximum atomic E-state index is 13.2. The topological polar surface area (TPSA) is 78.1 Å². The molecule has 0 radical (unpaired) electrons. The summed E-state index contributed by atoms with van der Waals surface area (Å²) in [6, 6.07) is 9.53. The third-order valence-electron chi connectivity index (χ3n) is 6.15. The predicted molar refractivity (Wildman–Crippen MR) is 132 cm³/mol. The Hall–Kier alpha value is -3.65. The number of aryl methyl sites for hydroxylation is 2. The number of hydrogen-bond donors (Lipinski definition) is 2. The summed E-state index contributed by atoms with van der Waals surface area (Å²) in [4.78, 5) is 29.9. The third-order valence-corrected chi connectivity index (χ3v) is 6.15. The van der Waals surface area contributed by atoms with Gasteiger partial charge in [0.1, 0.15) is 18.6 Å². The maximum Gasteiger partial charge on any atom is 0.261 e. The smallest absolute Gasteiger partial charge is 0.261 e. The van der Waals surface area contributed by atoms with Gasteiger partial charge in [-0.15, -0.1) is 0 Å². The van der Waals surface area contributed by atoms with E-state index in [-0.39, 0.29) is 11.8 Å². The molecule has 1 aliphatic rings. The van der Waals surface area contributed by atoms with Crippen molar-refractivity contribution in [3.63, 3.8) is 0 Å². The zero-order valence-electron chi connectivity index (χ0n) is 20.2. The van der Waals surface area contributed by atoms with Crippen LogP contribution in [0.2, 0.25) is 0 Å². The van der Waals surface area contributed by atoms with Crippen LogP contribution in [0.1, 0.15) is 33.6 Å². The molecule has 0 bridgehead atoms. The molecule has 0 aliphatic carbocycles. The van der Waals surface area contributed by atoms with Gasteiger partial charge in [-0.1, -0.05) is 12.1 Å². The highest BCUT2D eigenvalue weighted by Crippen LogP contribution is 2.34. The molecule has 2 heterocycles. The van der Waals surface area contributed by atoms with Crippen molar-refractivity contribution in [3.8, 4) is 0 Å². The van der Waals surface area contributed by atoms with E-state index in [0.29, 0.717) is 24.1 Å². The van der Waals surface area contributed by atoms with Gasteiger partial charge in [0.05, 0.1) is 26.8 Å². The number of imide groups is 1. The maximum absolute atomic E-state index is 13.2. The van der Waals surface area contributed by atoms with Gasteiger partial charge in [-0.25, -0.2) is 9.13 Å². The number of anilines is 1. The van der Waals surface area contributed by atoms with Crippen molar-refractivity contribution in [2.24, 2.45) is 7.05 Å². The van der Waals surface area contributed by atoms with Crippen LogP contribution in [0, 0.1) is 0 Å². The van der Waals surface area contributed by atoms with Crippen LogP contribution in [-0.2, 0) is 13.6 Å². The molecule has 34 heavy (non-hydrogen) atoms. The normalized spacial score (nSPS) is 13.3. The summed E-state index contributed by atoms with van der Waals surface area (Å²) in [7, 11) is 5.97. The average Bonchev–Trinajstić information content (AvgIpc) is 3.26. The van der Waals surface area contributed by atoms with Gasteiger partial charge in [-0.05, 0) is 24.6 Å². The molecule has 0 saturated heterocycles. The Morgan fingerprint density at radius 1 is 1.09 bits per heavy atom. The fourth-order valence-electron chi connectivity index (χ4n) is 4.41. The molecule has 8 nitrogen and oxygen atoms in total. The van der Waals surface area contributed by atoms with E-state index in [9.17, 15) is 9.59 Å². The van der Waals surface area contributed by atoms with Crippen molar-refractivity contribution in [1.82, 2.24) is 14.4 Å². The number of benzene rings is 2. The lowest BCUT2D eigenvalue weighted by atomic mass is 9.93. The van der Waals surface area contributed by atoms with Crippen LogP contribution < -0.4 is 15.2 Å². The number of hydrogen-bond acceptors (Lipinski definition) is 4. The number of carbonyl (C=O) groups is 2. The number of carbonyl (C=O) groups excluding carboxylic acids is 2. The van der Waals surface area contributed by atoms with E-state index in [1.165, 1.54) is 4.90 Å². The summed E-state index contributed by atoms with van der Waals surface area (Å²) in [5.41, 5.74) is 2.16. The fourth-order valence-corrected chi connectivity index (χ4v) is 4.41. The minimum Gasteiger partial charge on any atom is -0.384 e. The molecule has 178 valence electrons. The van der Waals surface area contributed by atoms with Crippen molar-refractivity contribution in [2.75, 3.05) is 39.0 Å². The molecule has 2 amide bonds. The molecule has 1 aromatic heterocycles. The first-order valence-corrected chi connectivity index (χ1v) is 11.8. The second-order valence-electron chi connectivity index (χ2n) is 8.76. The Kier molecular flexibility index (Phi) is 7.27. The van der Waals surface area contributed by atoms with E-state index in [0.717, 1.165) is 42.5 Å². The summed E-state index contributed by atoms with van der Waals surface area (Å²) < 4.78 is 4.18. The molecule has 8 heteroatoms. The van der Waals surface area contributed by atoms with Crippen LogP contribution in [0.3, 0.4) is 0 Å². The predicted octanol–water partition coefficient (Wildman–Crippen LogP) is 1.55. The number of aromatic nitrogens is 2. The summed E-state index contributed by atoms with van der Waals surface area (Å²) in [6.07, 6.45) is 11.8. The van der Waals surface area contributed by atoms with Crippen LogP contribution in [0.25, 0.3) is 10.8 Å². The van der Waals surface area contributed by atoms with Crippen LogP contribution in [-0.4, -0.2) is 59.9 Å². The number of nitrogens with zero attached hydrogens (tertiary/aromatic N) is 4. The molecular weight excluding hydrogens is 428 g/mol. The first-order chi connectivity index (χ1) is 16.5. The highest BCUT2D eigenvalue weighted by atomic mass is 16.2. The zero-order chi connectivity index (χ0) is 24.1. The van der Waals surface area contributed by atoms with E-state index in [1.807, 2.05) is 80.0 Å². The molecule has 0 unspecified atom stereocenters. The van der Waals surface area contributed by atoms with Crippen molar-refractivity contribution >= 4 is 28.3 Å². The standard InChI is InChI=1S/C26H32N6O2/c1-27-12-16-29(2)13-6-15-32-25(33)21-8-4-7-20-23(10-9-22(24(20)21)26(32)34)28-11-5-14-31-18-17-30(3)19-31/h4,7-10,12,16-19,27H,5-6,11,13-15H2,1-3H3/p+2/b16-12-. The van der Waals surface area contributed by atoms with Gasteiger partial charge in [0.2, 0.25) is 6.33 Å². The summed E-state index contributed by atoms with van der Waals surface area (Å²) >= 11 is 0. The zero-order valence-corrected chi connectivity index (χ0v) is 20.2. The molecule has 0 fully saturated rings. The van der Waals surface area contributed by atoms with Gasteiger partial charge in [-0.2, -0.15) is 0 Å². The Balaban J connectivity index is 1.46. The molecule has 2 aromatic carbocycles. The van der Waals surface area contributed by atoms with Gasteiger partial charge in [0, 0.05) is 60.7 Å². The van der Waals surface area contributed by atoms with Crippen LogP contribution in [0.5, 0.6) is 0 Å². The lowest BCUT2D eigenvalue weighted by molar-refractivity contribution is -0.671. The first kappa shape index (κ1) is 23.5. The van der Waals surface area contributed by atoms with Gasteiger partial charge in [0.25, 0.3) is 11.8 Å². The van der Waals surface area contributed by atoms with Crippen molar-refractivity contribution < 1.29 is 19.5 Å². The van der Waals surface area contributed by atoms with Crippen LogP contribution >= 0.6 is 0 Å². The van der Waals surface area contributed by atoms with E-state index in [4.69, 9.17) is 0 Å². The average molecular weight is 463 g/mol.